The summed E-state index contributed by atoms with van der Waals surface area (Å²) in [5, 5.41) is 3.06. The van der Waals surface area contributed by atoms with Crippen molar-refractivity contribution in [2.75, 3.05) is 5.32 Å². The number of rotatable bonds is 3. The van der Waals surface area contributed by atoms with Crippen LogP contribution >= 0.6 is 15.9 Å². The minimum Gasteiger partial charge on any atom is -0.361 e. The van der Waals surface area contributed by atoms with Gasteiger partial charge in [-0.05, 0) is 24.3 Å². The zero-order valence-electron chi connectivity index (χ0n) is 6.94. The number of hydrogen-bond donors (Lipinski definition) is 1. The summed E-state index contributed by atoms with van der Waals surface area (Å²) in [5.74, 6) is 0. The molecule has 14 heavy (non-hydrogen) atoms. The molecule has 0 atom stereocenters. The van der Waals surface area contributed by atoms with E-state index in [1.165, 1.54) is 0 Å². The Balaban J connectivity index is 2.63. The van der Waals surface area contributed by atoms with Gasteiger partial charge in [0.1, 0.15) is 0 Å². The van der Waals surface area contributed by atoms with Crippen LogP contribution in [0.2, 0.25) is 0 Å². The van der Waals surface area contributed by atoms with E-state index in [4.69, 9.17) is 0 Å². The minimum atomic E-state index is -4.55. The number of nitrogens with one attached hydrogen (secondary N) is 1. The third-order valence-corrected chi connectivity index (χ3v) is 2.31. The summed E-state index contributed by atoms with van der Waals surface area (Å²) in [6, 6.07) is 7.00. The second kappa shape index (κ2) is 4.56. The summed E-state index contributed by atoms with van der Waals surface area (Å²) in [5.41, 5.74) is 0.674. The SMILES string of the molecule is O=S(=O)(F)C=CNc1ccc(Br)cc1. The Kier molecular flexibility index (Phi) is 3.65. The summed E-state index contributed by atoms with van der Waals surface area (Å²) in [4.78, 5) is 0. The Labute approximate surface area is 90.0 Å². The molecule has 3 nitrogen and oxygen atoms in total. The number of benzene rings is 1. The van der Waals surface area contributed by atoms with E-state index in [1.807, 2.05) is 0 Å². The van der Waals surface area contributed by atoms with Gasteiger partial charge in [0, 0.05) is 16.4 Å². The lowest BCUT2D eigenvalue weighted by atomic mass is 10.3. The van der Waals surface area contributed by atoms with E-state index >= 15 is 0 Å². The highest BCUT2D eigenvalue weighted by Gasteiger charge is 1.97. The van der Waals surface area contributed by atoms with Crippen molar-refractivity contribution in [3.8, 4) is 0 Å². The molecular formula is C8H7BrFNO2S. The highest BCUT2D eigenvalue weighted by Crippen LogP contribution is 2.13. The molecule has 0 fully saturated rings. The molecule has 6 heteroatoms. The molecular weight excluding hydrogens is 273 g/mol. The van der Waals surface area contributed by atoms with Gasteiger partial charge in [-0.15, -0.1) is 3.89 Å². The van der Waals surface area contributed by atoms with Crippen molar-refractivity contribution < 1.29 is 12.3 Å². The van der Waals surface area contributed by atoms with Crippen molar-refractivity contribution in [1.82, 2.24) is 0 Å². The number of hydrogen-bond acceptors (Lipinski definition) is 3. The molecule has 76 valence electrons. The first kappa shape index (κ1) is 11.2. The smallest absolute Gasteiger partial charge is 0.326 e. The first-order chi connectivity index (χ1) is 6.47. The van der Waals surface area contributed by atoms with E-state index in [2.05, 4.69) is 21.2 Å². The Morgan fingerprint density at radius 3 is 2.36 bits per heavy atom. The largest absolute Gasteiger partial charge is 0.361 e. The quantitative estimate of drug-likeness (QED) is 0.866. The van der Waals surface area contributed by atoms with Crippen LogP contribution in [-0.2, 0) is 10.2 Å². The van der Waals surface area contributed by atoms with Gasteiger partial charge < -0.3 is 5.32 Å². The Morgan fingerprint density at radius 2 is 1.86 bits per heavy atom. The second-order valence-corrected chi connectivity index (χ2v) is 4.57. The second-order valence-electron chi connectivity index (χ2n) is 2.43. The van der Waals surface area contributed by atoms with E-state index in [0.29, 0.717) is 11.1 Å². The van der Waals surface area contributed by atoms with Crippen LogP contribution < -0.4 is 5.32 Å². The number of anilines is 1. The predicted molar refractivity (Wildman–Crippen MR) is 56.9 cm³/mol. The van der Waals surface area contributed by atoms with Crippen LogP contribution in [0.5, 0.6) is 0 Å². The molecule has 1 rings (SSSR count). The molecule has 0 aromatic heterocycles. The van der Waals surface area contributed by atoms with Gasteiger partial charge in [-0.3, -0.25) is 0 Å². The van der Waals surface area contributed by atoms with E-state index in [1.54, 1.807) is 24.3 Å². The summed E-state index contributed by atoms with van der Waals surface area (Å²) in [7, 11) is -4.55. The van der Waals surface area contributed by atoms with Crippen LogP contribution in [0.3, 0.4) is 0 Å². The van der Waals surface area contributed by atoms with E-state index < -0.39 is 10.2 Å². The Morgan fingerprint density at radius 1 is 1.29 bits per heavy atom. The van der Waals surface area contributed by atoms with Gasteiger partial charge in [0.25, 0.3) is 0 Å². The minimum absolute atomic E-state index is 0.453. The van der Waals surface area contributed by atoms with Crippen molar-refractivity contribution in [2.24, 2.45) is 0 Å². The molecule has 1 aromatic carbocycles. The fourth-order valence-corrected chi connectivity index (χ4v) is 1.25. The molecule has 0 saturated carbocycles. The molecule has 0 aliphatic rings. The van der Waals surface area contributed by atoms with Crippen molar-refractivity contribution >= 4 is 31.8 Å². The van der Waals surface area contributed by atoms with Crippen molar-refractivity contribution in [3.63, 3.8) is 0 Å². The highest BCUT2D eigenvalue weighted by atomic mass is 79.9. The van der Waals surface area contributed by atoms with Gasteiger partial charge in [-0.25, -0.2) is 0 Å². The fraction of sp³-hybridized carbons (Fsp3) is 0. The summed E-state index contributed by atoms with van der Waals surface area (Å²) >= 11 is 3.24. The molecule has 0 heterocycles. The lowest BCUT2D eigenvalue weighted by Gasteiger charge is -1.98. The average molecular weight is 280 g/mol. The zero-order valence-corrected chi connectivity index (χ0v) is 9.35. The molecule has 0 aliphatic carbocycles. The molecule has 0 aliphatic heterocycles. The van der Waals surface area contributed by atoms with Crippen molar-refractivity contribution in [3.05, 3.63) is 40.3 Å². The average Bonchev–Trinajstić information content (AvgIpc) is 2.06. The molecule has 0 spiro atoms. The van der Waals surface area contributed by atoms with Crippen LogP contribution in [0.25, 0.3) is 0 Å². The Hall–Kier alpha value is -0.880. The van der Waals surface area contributed by atoms with Crippen LogP contribution in [0.4, 0.5) is 9.57 Å². The lowest BCUT2D eigenvalue weighted by molar-refractivity contribution is 0.563. The van der Waals surface area contributed by atoms with E-state index in [-0.39, 0.29) is 0 Å². The van der Waals surface area contributed by atoms with Crippen LogP contribution in [0.1, 0.15) is 0 Å². The van der Waals surface area contributed by atoms with E-state index in [0.717, 1.165) is 10.7 Å². The maximum Gasteiger partial charge on any atom is 0.326 e. The third-order valence-electron chi connectivity index (χ3n) is 1.32. The standard InChI is InChI=1S/C8H7BrFNO2S/c9-7-1-3-8(4-2-7)11-5-6-14(10,12)13/h1-6,11H. The van der Waals surface area contributed by atoms with Gasteiger partial charge >= 0.3 is 10.2 Å². The highest BCUT2D eigenvalue weighted by molar-refractivity contribution is 9.10. The molecule has 1 aromatic rings. The summed E-state index contributed by atoms with van der Waals surface area (Å²) in [6.07, 6.45) is 1.03. The van der Waals surface area contributed by atoms with Gasteiger partial charge in [-0.2, -0.15) is 8.42 Å². The van der Waals surface area contributed by atoms with Crippen LogP contribution in [0.15, 0.2) is 40.3 Å². The van der Waals surface area contributed by atoms with Gasteiger partial charge in [-0.1, -0.05) is 15.9 Å². The fourth-order valence-electron chi connectivity index (χ4n) is 0.758. The van der Waals surface area contributed by atoms with Crippen molar-refractivity contribution in [2.45, 2.75) is 0 Å². The van der Waals surface area contributed by atoms with Crippen LogP contribution in [0, 0.1) is 0 Å². The predicted octanol–water partition coefficient (Wildman–Crippen LogP) is 2.63. The molecule has 0 bridgehead atoms. The number of halogens is 2. The molecule has 0 radical (unpaired) electrons. The van der Waals surface area contributed by atoms with Crippen molar-refractivity contribution in [1.29, 1.82) is 0 Å². The van der Waals surface area contributed by atoms with E-state index in [9.17, 15) is 12.3 Å². The zero-order chi connectivity index (χ0) is 10.6. The van der Waals surface area contributed by atoms with Gasteiger partial charge in [0.15, 0.2) is 0 Å². The third kappa shape index (κ3) is 4.38. The monoisotopic (exact) mass is 279 g/mol. The molecule has 1 N–H and O–H groups in total. The first-order valence-electron chi connectivity index (χ1n) is 3.61. The summed E-state index contributed by atoms with van der Waals surface area (Å²) in [6.45, 7) is 0. The molecule has 0 unspecified atom stereocenters. The van der Waals surface area contributed by atoms with Gasteiger partial charge in [0.05, 0.1) is 5.41 Å². The summed E-state index contributed by atoms with van der Waals surface area (Å²) < 4.78 is 33.1. The Bertz CT molecular complexity index is 427. The molecule has 0 amide bonds. The first-order valence-corrected chi connectivity index (χ1v) is 5.85. The maximum absolute atomic E-state index is 12.0. The topological polar surface area (TPSA) is 46.2 Å². The lowest BCUT2D eigenvalue weighted by Crippen LogP contribution is -1.89. The maximum atomic E-state index is 12.0. The molecule has 0 saturated heterocycles. The normalized spacial score (nSPS) is 11.9. The van der Waals surface area contributed by atoms with Crippen LogP contribution in [-0.4, -0.2) is 8.42 Å². The van der Waals surface area contributed by atoms with Gasteiger partial charge in [0.2, 0.25) is 0 Å².